The Morgan fingerprint density at radius 2 is 1.81 bits per heavy atom. The van der Waals surface area contributed by atoms with Crippen molar-refractivity contribution in [2.75, 3.05) is 0 Å². The second kappa shape index (κ2) is 5.36. The average Bonchev–Trinajstić information content (AvgIpc) is 2.46. The molecule has 5 nitrogen and oxygen atoms in total. The van der Waals surface area contributed by atoms with Gasteiger partial charge >= 0.3 is 5.97 Å². The molecule has 2 atom stereocenters. The molecule has 0 saturated carbocycles. The molecule has 5 heteroatoms. The number of carboxylic acids is 1. The second-order valence-corrected chi connectivity index (χ2v) is 5.05. The first-order chi connectivity index (χ1) is 9.92. The number of carbonyl (C=O) groups excluding carboxylic acids is 2. The molecule has 0 aliphatic heterocycles. The van der Waals surface area contributed by atoms with Crippen LogP contribution in [0.1, 0.15) is 12.5 Å². The number of rotatable bonds is 5. The Morgan fingerprint density at radius 3 is 2.38 bits per heavy atom. The van der Waals surface area contributed by atoms with Crippen LogP contribution in [0.25, 0.3) is 10.8 Å². The quantitative estimate of drug-likeness (QED) is 0.642. The van der Waals surface area contributed by atoms with Crippen LogP contribution in [-0.4, -0.2) is 23.3 Å². The van der Waals surface area contributed by atoms with Gasteiger partial charge in [0.2, 0.25) is 5.91 Å². The highest BCUT2D eigenvalue weighted by molar-refractivity contribution is 6.03. The number of benzene rings is 2. The van der Waals surface area contributed by atoms with Crippen LogP contribution >= 0.6 is 0 Å². The van der Waals surface area contributed by atoms with Crippen molar-refractivity contribution in [1.29, 1.82) is 0 Å². The van der Waals surface area contributed by atoms with Crippen LogP contribution in [0.2, 0.25) is 0 Å². The molecule has 0 aliphatic rings. The molecule has 0 fully saturated rings. The Labute approximate surface area is 121 Å². The third kappa shape index (κ3) is 2.27. The number of carboxylic acid groups (broad SMARTS) is 1. The van der Waals surface area contributed by atoms with Gasteiger partial charge < -0.3 is 15.6 Å². The smallest absolute Gasteiger partial charge is 0.315 e. The lowest BCUT2D eigenvalue weighted by Gasteiger charge is -2.30. The summed E-state index contributed by atoms with van der Waals surface area (Å²) < 4.78 is 0. The third-order valence-corrected chi connectivity index (χ3v) is 3.89. The molecule has 2 rings (SSSR count). The SMILES string of the molecule is CC(C(N)=O)(c1cccc2ccccc12)C(C=O)C(=O)O. The fourth-order valence-corrected chi connectivity index (χ4v) is 2.57. The predicted molar refractivity (Wildman–Crippen MR) is 77.7 cm³/mol. The van der Waals surface area contributed by atoms with Gasteiger partial charge in [-0.1, -0.05) is 42.5 Å². The van der Waals surface area contributed by atoms with Crippen molar-refractivity contribution in [2.24, 2.45) is 11.7 Å². The number of aliphatic carboxylic acids is 1. The Kier molecular flexibility index (Phi) is 3.76. The zero-order valence-electron chi connectivity index (χ0n) is 11.4. The highest BCUT2D eigenvalue weighted by Gasteiger charge is 2.46. The zero-order chi connectivity index (χ0) is 15.6. The van der Waals surface area contributed by atoms with E-state index in [0.29, 0.717) is 10.9 Å². The lowest BCUT2D eigenvalue weighted by Crippen LogP contribution is -2.48. The first-order valence-electron chi connectivity index (χ1n) is 6.39. The molecule has 0 spiro atoms. The maximum atomic E-state index is 12.0. The van der Waals surface area contributed by atoms with E-state index in [1.54, 1.807) is 24.3 Å². The maximum absolute atomic E-state index is 12.0. The van der Waals surface area contributed by atoms with Crippen LogP contribution in [0.3, 0.4) is 0 Å². The van der Waals surface area contributed by atoms with Crippen molar-refractivity contribution in [3.05, 3.63) is 48.0 Å². The highest BCUT2D eigenvalue weighted by Crippen LogP contribution is 2.36. The van der Waals surface area contributed by atoms with Crippen LogP contribution in [0, 0.1) is 5.92 Å². The predicted octanol–water partition coefficient (Wildman–Crippen LogP) is 1.48. The fourth-order valence-electron chi connectivity index (χ4n) is 2.57. The minimum Gasteiger partial charge on any atom is -0.481 e. The van der Waals surface area contributed by atoms with E-state index >= 15 is 0 Å². The number of carbonyl (C=O) groups is 3. The van der Waals surface area contributed by atoms with Crippen molar-refractivity contribution in [3.8, 4) is 0 Å². The summed E-state index contributed by atoms with van der Waals surface area (Å²) in [5.74, 6) is -3.77. The Hall–Kier alpha value is -2.69. The summed E-state index contributed by atoms with van der Waals surface area (Å²) in [7, 11) is 0. The summed E-state index contributed by atoms with van der Waals surface area (Å²) in [5, 5.41) is 10.8. The molecule has 0 heterocycles. The number of hydrogen-bond donors (Lipinski definition) is 2. The third-order valence-electron chi connectivity index (χ3n) is 3.89. The van der Waals surface area contributed by atoms with Gasteiger partial charge in [0, 0.05) is 0 Å². The first-order valence-corrected chi connectivity index (χ1v) is 6.39. The van der Waals surface area contributed by atoms with Gasteiger partial charge in [-0.25, -0.2) is 0 Å². The number of aldehydes is 1. The number of fused-ring (bicyclic) bond motifs is 1. The fraction of sp³-hybridized carbons (Fsp3) is 0.188. The van der Waals surface area contributed by atoms with Crippen LogP contribution in [0.5, 0.6) is 0 Å². The van der Waals surface area contributed by atoms with Crippen molar-refractivity contribution < 1.29 is 19.5 Å². The van der Waals surface area contributed by atoms with Gasteiger partial charge in [-0.15, -0.1) is 0 Å². The minimum atomic E-state index is -1.62. The summed E-state index contributed by atoms with van der Waals surface area (Å²) in [6, 6.07) is 12.4. The summed E-state index contributed by atoms with van der Waals surface area (Å²) in [5.41, 5.74) is 4.27. The molecular formula is C16H15NO4. The minimum absolute atomic E-state index is 0.259. The average molecular weight is 285 g/mol. The van der Waals surface area contributed by atoms with Gasteiger partial charge in [-0.3, -0.25) is 9.59 Å². The van der Waals surface area contributed by atoms with Crippen molar-refractivity contribution in [2.45, 2.75) is 12.3 Å². The van der Waals surface area contributed by atoms with E-state index < -0.39 is 23.2 Å². The normalized spacial score (nSPS) is 15.1. The van der Waals surface area contributed by atoms with E-state index in [-0.39, 0.29) is 6.29 Å². The first kappa shape index (κ1) is 14.7. The van der Waals surface area contributed by atoms with Gasteiger partial charge in [0.1, 0.15) is 12.2 Å². The zero-order valence-corrected chi connectivity index (χ0v) is 11.4. The summed E-state index contributed by atoms with van der Waals surface area (Å²) in [6.45, 7) is 1.39. The van der Waals surface area contributed by atoms with Crippen molar-refractivity contribution in [1.82, 2.24) is 0 Å². The maximum Gasteiger partial charge on any atom is 0.315 e. The van der Waals surface area contributed by atoms with Gasteiger partial charge in [0.05, 0.1) is 5.41 Å². The molecule has 0 radical (unpaired) electrons. The Balaban J connectivity index is 2.80. The van der Waals surface area contributed by atoms with E-state index in [0.717, 1.165) is 5.39 Å². The molecule has 21 heavy (non-hydrogen) atoms. The number of amides is 1. The van der Waals surface area contributed by atoms with Gasteiger partial charge in [0.25, 0.3) is 0 Å². The number of hydrogen-bond acceptors (Lipinski definition) is 3. The van der Waals surface area contributed by atoms with Gasteiger partial charge in [-0.05, 0) is 23.3 Å². The monoisotopic (exact) mass is 285 g/mol. The molecule has 2 unspecified atom stereocenters. The topological polar surface area (TPSA) is 97.5 Å². The van der Waals surface area contributed by atoms with Crippen LogP contribution in [0.4, 0.5) is 0 Å². The molecule has 2 aromatic carbocycles. The Bertz CT molecular complexity index is 720. The summed E-state index contributed by atoms with van der Waals surface area (Å²) in [4.78, 5) is 34.5. The van der Waals surface area contributed by atoms with Crippen molar-refractivity contribution in [3.63, 3.8) is 0 Å². The molecule has 0 aromatic heterocycles. The Morgan fingerprint density at radius 1 is 1.19 bits per heavy atom. The van der Waals surface area contributed by atoms with Crippen molar-refractivity contribution >= 4 is 28.9 Å². The molecule has 0 aliphatic carbocycles. The van der Waals surface area contributed by atoms with Crippen LogP contribution < -0.4 is 5.73 Å². The molecule has 3 N–H and O–H groups in total. The van der Waals surface area contributed by atoms with Crippen LogP contribution in [-0.2, 0) is 19.8 Å². The lowest BCUT2D eigenvalue weighted by atomic mass is 9.70. The van der Waals surface area contributed by atoms with E-state index in [2.05, 4.69) is 0 Å². The second-order valence-electron chi connectivity index (χ2n) is 5.05. The summed E-state index contributed by atoms with van der Waals surface area (Å²) >= 11 is 0. The van der Waals surface area contributed by atoms with Gasteiger partial charge in [0.15, 0.2) is 0 Å². The number of nitrogens with two attached hydrogens (primary N) is 1. The van der Waals surface area contributed by atoms with Crippen LogP contribution in [0.15, 0.2) is 42.5 Å². The molecule has 108 valence electrons. The highest BCUT2D eigenvalue weighted by atomic mass is 16.4. The van der Waals surface area contributed by atoms with E-state index in [4.69, 9.17) is 5.73 Å². The largest absolute Gasteiger partial charge is 0.481 e. The van der Waals surface area contributed by atoms with Gasteiger partial charge in [-0.2, -0.15) is 0 Å². The van der Waals surface area contributed by atoms with E-state index in [1.165, 1.54) is 6.92 Å². The van der Waals surface area contributed by atoms with E-state index in [9.17, 15) is 19.5 Å². The lowest BCUT2D eigenvalue weighted by molar-refractivity contribution is -0.149. The summed E-state index contributed by atoms with van der Waals surface area (Å²) in [6.07, 6.45) is 0.259. The standard InChI is InChI=1S/C16H15NO4/c1-16(15(17)21,13(9-18)14(19)20)12-8-4-6-10-5-2-3-7-11(10)12/h2-9,13H,1H3,(H2,17,21)(H,19,20). The molecule has 2 aromatic rings. The number of primary amides is 1. The molecule has 0 saturated heterocycles. The molecule has 0 bridgehead atoms. The molecule has 1 amide bonds. The van der Waals surface area contributed by atoms with E-state index in [1.807, 2.05) is 18.2 Å². The molecular weight excluding hydrogens is 270 g/mol.